The molecule has 0 aliphatic rings. The number of hydrogen-bond acceptors (Lipinski definition) is 2. The first kappa shape index (κ1) is 11.9. The Labute approximate surface area is 86.5 Å². The molecule has 1 rings (SSSR count). The molecule has 1 aromatic carbocycles. The third kappa shape index (κ3) is 2.26. The van der Waals surface area contributed by atoms with E-state index in [9.17, 15) is 9.36 Å². The van der Waals surface area contributed by atoms with E-state index < -0.39 is 13.6 Å². The number of carboxylic acid groups (broad SMARTS) is 1. The molecule has 82 valence electrons. The smallest absolute Gasteiger partial charge is 0.356 e. The van der Waals surface area contributed by atoms with E-state index in [1.165, 1.54) is 19.9 Å². The zero-order valence-electron chi connectivity index (χ0n) is 8.26. The third-order valence-corrected chi connectivity index (χ3v) is 3.41. The van der Waals surface area contributed by atoms with Crippen molar-refractivity contribution in [1.82, 2.24) is 0 Å². The van der Waals surface area contributed by atoms with E-state index >= 15 is 0 Å². The number of carbonyl (C=O) groups is 1. The van der Waals surface area contributed by atoms with Crippen LogP contribution in [0, 0.1) is 13.8 Å². The van der Waals surface area contributed by atoms with E-state index in [0.29, 0.717) is 11.1 Å². The van der Waals surface area contributed by atoms with Crippen LogP contribution in [0.4, 0.5) is 0 Å². The number of aromatic carboxylic acids is 1. The highest BCUT2D eigenvalue weighted by atomic mass is 31.2. The van der Waals surface area contributed by atoms with E-state index in [1.54, 1.807) is 0 Å². The van der Waals surface area contributed by atoms with Crippen LogP contribution in [0.1, 0.15) is 21.5 Å². The van der Waals surface area contributed by atoms with Crippen LogP contribution in [-0.2, 0) is 4.57 Å². The van der Waals surface area contributed by atoms with Crippen molar-refractivity contribution in [2.45, 2.75) is 13.8 Å². The summed E-state index contributed by atoms with van der Waals surface area (Å²) in [5.74, 6) is -1.10. The van der Waals surface area contributed by atoms with Gasteiger partial charge in [0.25, 0.3) is 0 Å². The molecule has 0 aliphatic heterocycles. The van der Waals surface area contributed by atoms with Crippen molar-refractivity contribution in [2.24, 2.45) is 0 Å². The fourth-order valence-electron chi connectivity index (χ4n) is 1.35. The SMILES string of the molecule is Cc1c(C(=O)O)ccc(P(=O)(O)O)c1C. The minimum absolute atomic E-state index is 0.0599. The van der Waals surface area contributed by atoms with Gasteiger partial charge in [0.05, 0.1) is 10.9 Å². The van der Waals surface area contributed by atoms with Crippen LogP contribution >= 0.6 is 7.60 Å². The molecule has 0 amide bonds. The number of rotatable bonds is 2. The highest BCUT2D eigenvalue weighted by Gasteiger charge is 2.22. The van der Waals surface area contributed by atoms with Gasteiger partial charge >= 0.3 is 13.6 Å². The summed E-state index contributed by atoms with van der Waals surface area (Å²) in [4.78, 5) is 28.7. The lowest BCUT2D eigenvalue weighted by Gasteiger charge is -2.11. The summed E-state index contributed by atoms with van der Waals surface area (Å²) in [6.45, 7) is 3.02. The molecule has 0 fully saturated rings. The molecule has 0 bridgehead atoms. The van der Waals surface area contributed by atoms with E-state index in [2.05, 4.69) is 0 Å². The summed E-state index contributed by atoms with van der Waals surface area (Å²) in [6, 6.07) is 2.37. The molecule has 0 radical (unpaired) electrons. The maximum Gasteiger partial charge on any atom is 0.356 e. The summed E-state index contributed by atoms with van der Waals surface area (Å²) < 4.78 is 11.0. The molecule has 3 N–H and O–H groups in total. The first-order valence-electron chi connectivity index (χ1n) is 4.14. The second-order valence-electron chi connectivity index (χ2n) is 3.23. The van der Waals surface area contributed by atoms with Crippen LogP contribution in [0.5, 0.6) is 0 Å². The molecule has 5 nitrogen and oxygen atoms in total. The van der Waals surface area contributed by atoms with Gasteiger partial charge in [-0.15, -0.1) is 0 Å². The van der Waals surface area contributed by atoms with Crippen molar-refractivity contribution in [1.29, 1.82) is 0 Å². The summed E-state index contributed by atoms with van der Waals surface area (Å²) >= 11 is 0. The van der Waals surface area contributed by atoms with Crippen LogP contribution in [-0.4, -0.2) is 20.9 Å². The van der Waals surface area contributed by atoms with E-state index in [-0.39, 0.29) is 10.9 Å². The Morgan fingerprint density at radius 3 is 2.13 bits per heavy atom. The monoisotopic (exact) mass is 230 g/mol. The molecule has 0 aliphatic carbocycles. The standard InChI is InChI=1S/C9H11O5P/c1-5-6(2)8(15(12,13)14)4-3-7(5)9(10)11/h3-4H,1-2H3,(H,10,11)(H2,12,13,14). The maximum atomic E-state index is 11.0. The molecule has 6 heteroatoms. The first-order valence-corrected chi connectivity index (χ1v) is 5.76. The van der Waals surface area contributed by atoms with Crippen molar-refractivity contribution in [3.05, 3.63) is 28.8 Å². The predicted molar refractivity (Wildman–Crippen MR) is 54.6 cm³/mol. The molecule has 0 unspecified atom stereocenters. The normalized spacial score (nSPS) is 11.5. The van der Waals surface area contributed by atoms with Gasteiger partial charge in [0, 0.05) is 0 Å². The van der Waals surface area contributed by atoms with Gasteiger partial charge in [-0.1, -0.05) is 0 Å². The molecule has 0 saturated carbocycles. The van der Waals surface area contributed by atoms with Gasteiger partial charge in [-0.3, -0.25) is 4.57 Å². The van der Waals surface area contributed by atoms with Crippen molar-refractivity contribution in [2.75, 3.05) is 0 Å². The average molecular weight is 230 g/mol. The van der Waals surface area contributed by atoms with Crippen LogP contribution < -0.4 is 5.30 Å². The third-order valence-electron chi connectivity index (χ3n) is 2.30. The molecular weight excluding hydrogens is 219 g/mol. The van der Waals surface area contributed by atoms with Crippen LogP contribution in [0.15, 0.2) is 12.1 Å². The Morgan fingerprint density at radius 1 is 1.20 bits per heavy atom. The largest absolute Gasteiger partial charge is 0.478 e. The van der Waals surface area contributed by atoms with Crippen LogP contribution in [0.2, 0.25) is 0 Å². The number of hydrogen-bond donors (Lipinski definition) is 3. The van der Waals surface area contributed by atoms with Gasteiger partial charge in [0.2, 0.25) is 0 Å². The fraction of sp³-hybridized carbons (Fsp3) is 0.222. The van der Waals surface area contributed by atoms with Gasteiger partial charge in [0.1, 0.15) is 0 Å². The minimum atomic E-state index is -4.33. The van der Waals surface area contributed by atoms with Gasteiger partial charge < -0.3 is 14.9 Å². The fourth-order valence-corrected chi connectivity index (χ4v) is 2.23. The Balaban J connectivity index is 3.47. The van der Waals surface area contributed by atoms with Crippen LogP contribution in [0.25, 0.3) is 0 Å². The van der Waals surface area contributed by atoms with Crippen molar-refractivity contribution >= 4 is 18.9 Å². The summed E-state index contributed by atoms with van der Waals surface area (Å²) in [5.41, 5.74) is 0.760. The molecule has 0 heterocycles. The van der Waals surface area contributed by atoms with Crippen LogP contribution in [0.3, 0.4) is 0 Å². The molecular formula is C9H11O5P. The quantitative estimate of drug-likeness (QED) is 0.653. The Morgan fingerprint density at radius 2 is 1.73 bits per heavy atom. The lowest BCUT2D eigenvalue weighted by Crippen LogP contribution is -2.13. The zero-order valence-corrected chi connectivity index (χ0v) is 9.15. The first-order chi connectivity index (χ1) is 6.75. The average Bonchev–Trinajstić information content (AvgIpc) is 2.06. The van der Waals surface area contributed by atoms with E-state index in [0.717, 1.165) is 6.07 Å². The van der Waals surface area contributed by atoms with E-state index in [4.69, 9.17) is 14.9 Å². The molecule has 0 saturated heterocycles. The predicted octanol–water partition coefficient (Wildman–Crippen LogP) is 0.805. The van der Waals surface area contributed by atoms with Crippen molar-refractivity contribution in [3.63, 3.8) is 0 Å². The second kappa shape index (κ2) is 3.77. The highest BCUT2D eigenvalue weighted by Crippen LogP contribution is 2.35. The molecule has 0 atom stereocenters. The van der Waals surface area contributed by atoms with E-state index in [1.807, 2.05) is 0 Å². The molecule has 1 aromatic rings. The molecule has 0 spiro atoms. The zero-order chi connectivity index (χ0) is 11.8. The Hall–Kier alpha value is -1.16. The topological polar surface area (TPSA) is 94.8 Å². The van der Waals surface area contributed by atoms with Gasteiger partial charge in [0.15, 0.2) is 0 Å². The lowest BCUT2D eigenvalue weighted by atomic mass is 10.0. The lowest BCUT2D eigenvalue weighted by molar-refractivity contribution is 0.0696. The van der Waals surface area contributed by atoms with Gasteiger partial charge in [-0.2, -0.15) is 0 Å². The van der Waals surface area contributed by atoms with Crippen molar-refractivity contribution < 1.29 is 24.3 Å². The van der Waals surface area contributed by atoms with Crippen molar-refractivity contribution in [3.8, 4) is 0 Å². The minimum Gasteiger partial charge on any atom is -0.478 e. The molecule has 15 heavy (non-hydrogen) atoms. The Kier molecular flexibility index (Phi) is 3.00. The number of benzene rings is 1. The summed E-state index contributed by atoms with van der Waals surface area (Å²) in [7, 11) is -4.33. The second-order valence-corrected chi connectivity index (χ2v) is 4.80. The number of carboxylic acids is 1. The van der Waals surface area contributed by atoms with Gasteiger partial charge in [-0.25, -0.2) is 4.79 Å². The molecule has 0 aromatic heterocycles. The van der Waals surface area contributed by atoms with Gasteiger partial charge in [-0.05, 0) is 37.1 Å². The summed E-state index contributed by atoms with van der Waals surface area (Å²) in [5, 5.41) is 8.67. The summed E-state index contributed by atoms with van der Waals surface area (Å²) in [6.07, 6.45) is 0. The maximum absolute atomic E-state index is 11.0. The highest BCUT2D eigenvalue weighted by molar-refractivity contribution is 7.60. The Bertz CT molecular complexity index is 460.